The molecule has 160 valence electrons. The highest BCUT2D eigenvalue weighted by Gasteiger charge is 2.26. The molecular weight excluding hydrogens is 384 g/mol. The van der Waals surface area contributed by atoms with Crippen molar-refractivity contribution >= 4 is 23.0 Å². The Hall–Kier alpha value is -2.97. The fourth-order valence-electron chi connectivity index (χ4n) is 3.66. The zero-order chi connectivity index (χ0) is 21.7. The number of carbonyl (C=O) groups is 1. The van der Waals surface area contributed by atoms with E-state index in [0.717, 1.165) is 18.8 Å². The number of morpholine rings is 1. The van der Waals surface area contributed by atoms with Crippen molar-refractivity contribution in [3.05, 3.63) is 64.2 Å². The van der Waals surface area contributed by atoms with Crippen molar-refractivity contribution in [2.24, 2.45) is 0 Å². The molecular formula is C22H28N4O4. The molecule has 2 N–H and O–H groups in total. The van der Waals surface area contributed by atoms with Crippen molar-refractivity contribution in [3.8, 4) is 0 Å². The molecule has 1 amide bonds. The fourth-order valence-corrected chi connectivity index (χ4v) is 3.66. The molecule has 0 bridgehead atoms. The average molecular weight is 412 g/mol. The van der Waals surface area contributed by atoms with Crippen molar-refractivity contribution in [1.29, 1.82) is 0 Å². The van der Waals surface area contributed by atoms with Crippen molar-refractivity contribution in [3.63, 3.8) is 0 Å². The van der Waals surface area contributed by atoms with Gasteiger partial charge in [-0.3, -0.25) is 19.8 Å². The van der Waals surface area contributed by atoms with Gasteiger partial charge in [-0.1, -0.05) is 18.2 Å². The van der Waals surface area contributed by atoms with Gasteiger partial charge in [0.1, 0.15) is 5.69 Å². The Bertz CT molecular complexity index is 880. The third-order valence-electron chi connectivity index (χ3n) is 5.14. The highest BCUT2D eigenvalue weighted by atomic mass is 16.6. The van der Waals surface area contributed by atoms with E-state index in [1.54, 1.807) is 12.1 Å². The first-order valence-electron chi connectivity index (χ1n) is 10.1. The number of nitro benzene ring substituents is 1. The Morgan fingerprint density at radius 1 is 1.20 bits per heavy atom. The lowest BCUT2D eigenvalue weighted by atomic mass is 10.1. The van der Waals surface area contributed by atoms with Crippen molar-refractivity contribution in [2.75, 3.05) is 25.0 Å². The van der Waals surface area contributed by atoms with Gasteiger partial charge in [0.15, 0.2) is 0 Å². The molecule has 0 spiro atoms. The molecule has 8 heteroatoms. The van der Waals surface area contributed by atoms with Gasteiger partial charge in [-0.15, -0.1) is 0 Å². The van der Waals surface area contributed by atoms with Crippen LogP contribution in [-0.4, -0.2) is 53.6 Å². The molecule has 8 nitrogen and oxygen atoms in total. The van der Waals surface area contributed by atoms with Crippen molar-refractivity contribution in [2.45, 2.75) is 39.0 Å². The van der Waals surface area contributed by atoms with E-state index in [0.29, 0.717) is 12.2 Å². The first kappa shape index (κ1) is 21.7. The Morgan fingerprint density at radius 3 is 2.50 bits per heavy atom. The number of rotatable bonds is 7. The standard InChI is InChI=1S/C22H28N4O4/c1-15(25-13-16(2)30-17(3)14-25)12-23-22(27)18-9-10-20(21(11-18)26(28)29)24-19-7-5-4-6-8-19/h4-11,15-17,24H,12-14H2,1-3H3,(H,23,27). The summed E-state index contributed by atoms with van der Waals surface area (Å²) >= 11 is 0. The number of anilines is 2. The van der Waals surface area contributed by atoms with Crippen LogP contribution in [0.2, 0.25) is 0 Å². The van der Waals surface area contributed by atoms with E-state index in [1.807, 2.05) is 44.2 Å². The van der Waals surface area contributed by atoms with E-state index >= 15 is 0 Å². The molecule has 3 unspecified atom stereocenters. The van der Waals surface area contributed by atoms with Gasteiger partial charge >= 0.3 is 0 Å². The number of benzene rings is 2. The maximum atomic E-state index is 12.6. The Morgan fingerprint density at radius 2 is 1.87 bits per heavy atom. The zero-order valence-electron chi connectivity index (χ0n) is 17.5. The van der Waals surface area contributed by atoms with Gasteiger partial charge in [-0.2, -0.15) is 0 Å². The van der Waals surface area contributed by atoms with Crippen LogP contribution in [0.15, 0.2) is 48.5 Å². The van der Waals surface area contributed by atoms with Gasteiger partial charge in [0.05, 0.1) is 17.1 Å². The first-order chi connectivity index (χ1) is 14.3. The molecule has 0 aromatic heterocycles. The Kier molecular flexibility index (Phi) is 7.02. The van der Waals surface area contributed by atoms with Crippen LogP contribution in [0.3, 0.4) is 0 Å². The molecule has 1 aliphatic heterocycles. The number of hydrogen-bond donors (Lipinski definition) is 2. The summed E-state index contributed by atoms with van der Waals surface area (Å²) in [6, 6.07) is 13.8. The lowest BCUT2D eigenvalue weighted by Crippen LogP contribution is -2.52. The summed E-state index contributed by atoms with van der Waals surface area (Å²) in [6.45, 7) is 8.21. The smallest absolute Gasteiger partial charge is 0.293 e. The molecule has 3 rings (SSSR count). The third kappa shape index (κ3) is 5.55. The molecule has 1 fully saturated rings. The van der Waals surface area contributed by atoms with E-state index in [4.69, 9.17) is 4.74 Å². The predicted octanol–water partition coefficient (Wildman–Crippen LogP) is 3.57. The number of nitro groups is 1. The van der Waals surface area contributed by atoms with E-state index in [9.17, 15) is 14.9 Å². The lowest BCUT2D eigenvalue weighted by Gasteiger charge is -2.39. The summed E-state index contributed by atoms with van der Waals surface area (Å²) < 4.78 is 5.75. The molecule has 0 aliphatic carbocycles. The number of amides is 1. The van der Waals surface area contributed by atoms with Crippen LogP contribution >= 0.6 is 0 Å². The van der Waals surface area contributed by atoms with E-state index in [2.05, 4.69) is 22.5 Å². The highest BCUT2D eigenvalue weighted by molar-refractivity contribution is 5.96. The Balaban J connectivity index is 1.65. The van der Waals surface area contributed by atoms with Crippen LogP contribution in [-0.2, 0) is 4.74 Å². The summed E-state index contributed by atoms with van der Waals surface area (Å²) in [5, 5.41) is 17.5. The highest BCUT2D eigenvalue weighted by Crippen LogP contribution is 2.28. The van der Waals surface area contributed by atoms with Gasteiger partial charge in [-0.25, -0.2) is 0 Å². The van der Waals surface area contributed by atoms with Crippen LogP contribution < -0.4 is 10.6 Å². The molecule has 2 aromatic carbocycles. The summed E-state index contributed by atoms with van der Waals surface area (Å²) in [6.07, 6.45) is 0.304. The summed E-state index contributed by atoms with van der Waals surface area (Å²) in [7, 11) is 0. The Labute approximate surface area is 176 Å². The summed E-state index contributed by atoms with van der Waals surface area (Å²) in [4.78, 5) is 25.9. The molecule has 0 saturated carbocycles. The molecule has 2 aromatic rings. The van der Waals surface area contributed by atoms with Crippen LogP contribution in [0.25, 0.3) is 0 Å². The number of ether oxygens (including phenoxy) is 1. The van der Waals surface area contributed by atoms with Gasteiger partial charge in [0.25, 0.3) is 11.6 Å². The quantitative estimate of drug-likeness (QED) is 0.533. The molecule has 30 heavy (non-hydrogen) atoms. The van der Waals surface area contributed by atoms with Gasteiger partial charge in [-0.05, 0) is 45.0 Å². The minimum atomic E-state index is -0.485. The second kappa shape index (κ2) is 9.69. The van der Waals surface area contributed by atoms with Crippen LogP contribution in [0.4, 0.5) is 17.1 Å². The number of nitrogens with one attached hydrogen (secondary N) is 2. The molecule has 0 radical (unpaired) electrons. The monoisotopic (exact) mass is 412 g/mol. The molecule has 3 atom stereocenters. The van der Waals surface area contributed by atoms with E-state index in [1.165, 1.54) is 6.07 Å². The normalized spacial score (nSPS) is 20.4. The van der Waals surface area contributed by atoms with Gasteiger partial charge < -0.3 is 15.4 Å². The number of hydrogen-bond acceptors (Lipinski definition) is 6. The molecule has 1 heterocycles. The van der Waals surface area contributed by atoms with Crippen LogP contribution in [0.1, 0.15) is 31.1 Å². The summed E-state index contributed by atoms with van der Waals surface area (Å²) in [5.41, 5.74) is 1.19. The minimum absolute atomic E-state index is 0.136. The van der Waals surface area contributed by atoms with Gasteiger partial charge in [0.2, 0.25) is 0 Å². The molecule has 1 aliphatic rings. The SMILES string of the molecule is CC1CN(C(C)CNC(=O)c2ccc(Nc3ccccc3)c([N+](=O)[O-])c2)CC(C)O1. The average Bonchev–Trinajstić information content (AvgIpc) is 2.72. The second-order valence-electron chi connectivity index (χ2n) is 7.75. The van der Waals surface area contributed by atoms with Crippen LogP contribution in [0, 0.1) is 10.1 Å². The first-order valence-corrected chi connectivity index (χ1v) is 10.1. The lowest BCUT2D eigenvalue weighted by molar-refractivity contribution is -0.383. The van der Waals surface area contributed by atoms with Crippen LogP contribution in [0.5, 0.6) is 0 Å². The van der Waals surface area contributed by atoms with Crippen molar-refractivity contribution in [1.82, 2.24) is 10.2 Å². The largest absolute Gasteiger partial charge is 0.373 e. The zero-order valence-corrected chi connectivity index (χ0v) is 17.5. The van der Waals surface area contributed by atoms with Crippen molar-refractivity contribution < 1.29 is 14.5 Å². The predicted molar refractivity (Wildman–Crippen MR) is 116 cm³/mol. The third-order valence-corrected chi connectivity index (χ3v) is 5.14. The van der Waals surface area contributed by atoms with E-state index in [-0.39, 0.29) is 35.4 Å². The maximum Gasteiger partial charge on any atom is 0.293 e. The maximum absolute atomic E-state index is 12.6. The fraction of sp³-hybridized carbons (Fsp3) is 0.409. The van der Waals surface area contributed by atoms with E-state index < -0.39 is 4.92 Å². The van der Waals surface area contributed by atoms with Gasteiger partial charge in [0, 0.05) is 43.0 Å². The number of para-hydroxylation sites is 1. The topological polar surface area (TPSA) is 96.7 Å². The molecule has 1 saturated heterocycles. The minimum Gasteiger partial charge on any atom is -0.373 e. The number of carbonyl (C=O) groups excluding carboxylic acids is 1. The second-order valence-corrected chi connectivity index (χ2v) is 7.75. The number of nitrogens with zero attached hydrogens (tertiary/aromatic N) is 2. The summed E-state index contributed by atoms with van der Waals surface area (Å²) in [5.74, 6) is -0.328.